The van der Waals surface area contributed by atoms with E-state index >= 15 is 0 Å². The summed E-state index contributed by atoms with van der Waals surface area (Å²) in [6.45, 7) is 0.530. The molecule has 1 amide bonds. The zero-order chi connectivity index (χ0) is 16.9. The number of fused-ring (bicyclic) bond motifs is 1. The highest BCUT2D eigenvalue weighted by molar-refractivity contribution is 6.30. The van der Waals surface area contributed by atoms with Crippen LogP contribution in [0.2, 0.25) is 5.02 Å². The number of aromatic amines is 1. The average molecular weight is 342 g/mol. The summed E-state index contributed by atoms with van der Waals surface area (Å²) in [7, 11) is 0. The molecule has 0 atom stereocenters. The van der Waals surface area contributed by atoms with Crippen molar-refractivity contribution in [2.75, 3.05) is 6.54 Å². The Balaban J connectivity index is 1.62. The minimum absolute atomic E-state index is 0.123. The van der Waals surface area contributed by atoms with Crippen molar-refractivity contribution in [1.82, 2.24) is 15.5 Å². The molecule has 3 aromatic rings. The second-order valence-corrected chi connectivity index (χ2v) is 5.88. The highest BCUT2D eigenvalue weighted by Crippen LogP contribution is 2.13. The van der Waals surface area contributed by atoms with Gasteiger partial charge in [-0.3, -0.25) is 9.59 Å². The molecule has 0 aliphatic rings. The van der Waals surface area contributed by atoms with Gasteiger partial charge in [0.05, 0.1) is 17.5 Å². The van der Waals surface area contributed by atoms with Crippen molar-refractivity contribution in [2.24, 2.45) is 0 Å². The number of amides is 1. The molecule has 2 aromatic carbocycles. The Morgan fingerprint density at radius 1 is 1.08 bits per heavy atom. The van der Waals surface area contributed by atoms with E-state index < -0.39 is 0 Å². The van der Waals surface area contributed by atoms with Crippen molar-refractivity contribution in [1.29, 1.82) is 0 Å². The van der Waals surface area contributed by atoms with E-state index in [1.54, 1.807) is 18.2 Å². The van der Waals surface area contributed by atoms with Gasteiger partial charge in [-0.15, -0.1) is 0 Å². The van der Waals surface area contributed by atoms with E-state index in [1.807, 2.05) is 30.3 Å². The Hall–Kier alpha value is -2.66. The van der Waals surface area contributed by atoms with Gasteiger partial charge in [0.2, 0.25) is 5.91 Å². The standard InChI is InChI=1S/C18H16ClN3O2/c19-13-7-5-12(6-8-13)9-10-20-17(23)11-16-14-3-1-2-4-15(14)18(24)22-21-16/h1-8H,9-11H2,(H,20,23)(H,22,24). The van der Waals surface area contributed by atoms with Gasteiger partial charge >= 0.3 is 0 Å². The Bertz CT molecular complexity index is 919. The Morgan fingerprint density at radius 2 is 1.79 bits per heavy atom. The fourth-order valence-electron chi connectivity index (χ4n) is 2.52. The molecule has 3 rings (SSSR count). The lowest BCUT2D eigenvalue weighted by atomic mass is 10.1. The summed E-state index contributed by atoms with van der Waals surface area (Å²) in [6.07, 6.45) is 0.848. The van der Waals surface area contributed by atoms with E-state index in [4.69, 9.17) is 11.6 Å². The lowest BCUT2D eigenvalue weighted by molar-refractivity contribution is -0.120. The van der Waals surface area contributed by atoms with Crippen molar-refractivity contribution in [2.45, 2.75) is 12.8 Å². The van der Waals surface area contributed by atoms with Crippen LogP contribution in [0.4, 0.5) is 0 Å². The molecule has 5 nitrogen and oxygen atoms in total. The fourth-order valence-corrected chi connectivity index (χ4v) is 2.64. The number of carbonyl (C=O) groups excluding carboxylic acids is 1. The van der Waals surface area contributed by atoms with Gasteiger partial charge in [0, 0.05) is 17.0 Å². The van der Waals surface area contributed by atoms with Crippen molar-refractivity contribution in [3.8, 4) is 0 Å². The van der Waals surface area contributed by atoms with Crippen LogP contribution in [0.15, 0.2) is 53.3 Å². The number of benzene rings is 2. The largest absolute Gasteiger partial charge is 0.355 e. The van der Waals surface area contributed by atoms with Gasteiger partial charge in [0.25, 0.3) is 5.56 Å². The number of hydrogen-bond acceptors (Lipinski definition) is 3. The lowest BCUT2D eigenvalue weighted by Gasteiger charge is -2.07. The number of halogens is 1. The highest BCUT2D eigenvalue weighted by atomic mass is 35.5. The van der Waals surface area contributed by atoms with Crippen LogP contribution in [0.25, 0.3) is 10.8 Å². The van der Waals surface area contributed by atoms with Crippen molar-refractivity contribution in [3.63, 3.8) is 0 Å². The lowest BCUT2D eigenvalue weighted by Crippen LogP contribution is -2.28. The van der Waals surface area contributed by atoms with E-state index in [-0.39, 0.29) is 17.9 Å². The molecule has 0 aliphatic heterocycles. The summed E-state index contributed by atoms with van der Waals surface area (Å²) in [5.74, 6) is -0.131. The van der Waals surface area contributed by atoms with Crippen molar-refractivity contribution >= 4 is 28.3 Å². The number of nitrogens with zero attached hydrogens (tertiary/aromatic N) is 1. The Morgan fingerprint density at radius 3 is 2.54 bits per heavy atom. The van der Waals surface area contributed by atoms with Gasteiger partial charge in [-0.2, -0.15) is 5.10 Å². The van der Waals surface area contributed by atoms with E-state index in [0.29, 0.717) is 28.0 Å². The summed E-state index contributed by atoms with van der Waals surface area (Å²) >= 11 is 5.84. The van der Waals surface area contributed by atoms with Gasteiger partial charge in [0.1, 0.15) is 0 Å². The Labute approximate surface area is 143 Å². The quantitative estimate of drug-likeness (QED) is 0.748. The summed E-state index contributed by atoms with van der Waals surface area (Å²) in [5, 5.41) is 11.3. The summed E-state index contributed by atoms with van der Waals surface area (Å²) in [6, 6.07) is 14.7. The van der Waals surface area contributed by atoms with Gasteiger partial charge in [-0.25, -0.2) is 5.10 Å². The molecule has 0 spiro atoms. The molecule has 0 saturated heterocycles. The topological polar surface area (TPSA) is 74.8 Å². The molecule has 1 heterocycles. The van der Waals surface area contributed by atoms with E-state index in [9.17, 15) is 9.59 Å². The van der Waals surface area contributed by atoms with E-state index in [1.165, 1.54) is 0 Å². The SMILES string of the molecule is O=C(Cc1n[nH]c(=O)c2ccccc12)NCCc1ccc(Cl)cc1. The minimum Gasteiger partial charge on any atom is -0.355 e. The molecule has 6 heteroatoms. The van der Waals surface area contributed by atoms with Crippen LogP contribution in [0.5, 0.6) is 0 Å². The Kier molecular flexibility index (Phi) is 4.91. The van der Waals surface area contributed by atoms with Gasteiger partial charge in [0.15, 0.2) is 0 Å². The first-order chi connectivity index (χ1) is 11.6. The number of hydrogen-bond donors (Lipinski definition) is 2. The molecule has 0 bridgehead atoms. The van der Waals surface area contributed by atoms with Gasteiger partial charge < -0.3 is 5.32 Å². The van der Waals surface area contributed by atoms with Crippen LogP contribution < -0.4 is 10.9 Å². The summed E-state index contributed by atoms with van der Waals surface area (Å²) < 4.78 is 0. The maximum atomic E-state index is 12.1. The van der Waals surface area contributed by atoms with Gasteiger partial charge in [-0.05, 0) is 30.2 Å². The van der Waals surface area contributed by atoms with Crippen LogP contribution >= 0.6 is 11.6 Å². The van der Waals surface area contributed by atoms with Crippen molar-refractivity contribution < 1.29 is 4.79 Å². The zero-order valence-corrected chi connectivity index (χ0v) is 13.6. The second-order valence-electron chi connectivity index (χ2n) is 5.45. The predicted molar refractivity (Wildman–Crippen MR) is 94.2 cm³/mol. The molecular formula is C18H16ClN3O2. The normalized spacial score (nSPS) is 10.7. The molecule has 0 unspecified atom stereocenters. The minimum atomic E-state index is -0.252. The molecule has 24 heavy (non-hydrogen) atoms. The number of H-pyrrole nitrogens is 1. The molecule has 0 fully saturated rings. The van der Waals surface area contributed by atoms with E-state index in [0.717, 1.165) is 12.0 Å². The number of aromatic nitrogens is 2. The molecule has 0 saturated carbocycles. The van der Waals surface area contributed by atoms with Crippen LogP contribution in [0.3, 0.4) is 0 Å². The zero-order valence-electron chi connectivity index (χ0n) is 12.9. The second kappa shape index (κ2) is 7.27. The number of carbonyl (C=O) groups is 1. The molecule has 2 N–H and O–H groups in total. The highest BCUT2D eigenvalue weighted by Gasteiger charge is 2.10. The number of nitrogens with one attached hydrogen (secondary N) is 2. The summed E-state index contributed by atoms with van der Waals surface area (Å²) in [5.41, 5.74) is 1.42. The maximum absolute atomic E-state index is 12.1. The molecule has 1 aromatic heterocycles. The van der Waals surface area contributed by atoms with Crippen LogP contribution in [-0.4, -0.2) is 22.6 Å². The van der Waals surface area contributed by atoms with Crippen LogP contribution in [0.1, 0.15) is 11.3 Å². The molecule has 0 radical (unpaired) electrons. The van der Waals surface area contributed by atoms with Gasteiger partial charge in [-0.1, -0.05) is 41.9 Å². The first-order valence-corrected chi connectivity index (χ1v) is 7.99. The van der Waals surface area contributed by atoms with Crippen molar-refractivity contribution in [3.05, 3.63) is 75.2 Å². The molecule has 122 valence electrons. The monoisotopic (exact) mass is 341 g/mol. The third-order valence-electron chi connectivity index (χ3n) is 3.75. The smallest absolute Gasteiger partial charge is 0.272 e. The predicted octanol–water partition coefficient (Wildman–Crippen LogP) is 2.48. The third kappa shape index (κ3) is 3.81. The summed E-state index contributed by atoms with van der Waals surface area (Å²) in [4.78, 5) is 23.9. The first-order valence-electron chi connectivity index (χ1n) is 7.61. The van der Waals surface area contributed by atoms with Crippen LogP contribution in [-0.2, 0) is 17.6 Å². The van der Waals surface area contributed by atoms with E-state index in [2.05, 4.69) is 15.5 Å². The average Bonchev–Trinajstić information content (AvgIpc) is 2.59. The third-order valence-corrected chi connectivity index (χ3v) is 4.00. The van der Waals surface area contributed by atoms with Crippen LogP contribution in [0, 0.1) is 0 Å². The fraction of sp³-hybridized carbons (Fsp3) is 0.167. The molecular weight excluding hydrogens is 326 g/mol. The first kappa shape index (κ1) is 16.2. The number of rotatable bonds is 5. The molecule has 0 aliphatic carbocycles. The maximum Gasteiger partial charge on any atom is 0.272 e.